The van der Waals surface area contributed by atoms with Crippen molar-refractivity contribution >= 4 is 50.9 Å². The van der Waals surface area contributed by atoms with Crippen LogP contribution in [0, 0.1) is 0 Å². The van der Waals surface area contributed by atoms with Crippen molar-refractivity contribution in [3.8, 4) is 11.6 Å². The number of aromatic carboxylic acids is 1. The third kappa shape index (κ3) is 6.32. The molecule has 0 bridgehead atoms. The van der Waals surface area contributed by atoms with E-state index in [0.29, 0.717) is 35.8 Å². The average Bonchev–Trinajstić information content (AvgIpc) is 3.35. The lowest BCUT2D eigenvalue weighted by atomic mass is 10.2. The maximum absolute atomic E-state index is 13.1. The molecule has 1 saturated heterocycles. The minimum absolute atomic E-state index is 0.00685. The number of anilines is 3. The number of ether oxygens (including phenoxy) is 2. The van der Waals surface area contributed by atoms with Gasteiger partial charge in [-0.15, -0.1) is 0 Å². The molecule has 3 amide bonds. The quantitative estimate of drug-likeness (QED) is 0.285. The predicted molar refractivity (Wildman–Crippen MR) is 144 cm³/mol. The molecule has 5 N–H and O–H groups in total. The highest BCUT2D eigenvalue weighted by Crippen LogP contribution is 2.29. The van der Waals surface area contributed by atoms with E-state index < -0.39 is 18.2 Å². The second-order valence-corrected chi connectivity index (χ2v) is 9.31. The van der Waals surface area contributed by atoms with Gasteiger partial charge in [-0.2, -0.15) is 0 Å². The van der Waals surface area contributed by atoms with Crippen molar-refractivity contribution in [2.75, 3.05) is 30.0 Å². The summed E-state index contributed by atoms with van der Waals surface area (Å²) in [6.45, 7) is 0.503. The van der Waals surface area contributed by atoms with Crippen LogP contribution in [0.2, 0.25) is 0 Å². The maximum Gasteiger partial charge on any atom is 0.335 e. The number of carbonyl (C=O) groups excluding carboxylic acids is 2. The Morgan fingerprint density at radius 3 is 2.61 bits per heavy atom. The molecule has 198 valence electrons. The number of likely N-dealkylation sites (tertiary alicyclic amines) is 1. The fraction of sp³-hybridized carbons (Fsp3) is 0.231. The monoisotopic (exact) mass is 583 g/mol. The maximum atomic E-state index is 13.1. The number of hydrogen-bond acceptors (Lipinski definition) is 7. The van der Waals surface area contributed by atoms with E-state index >= 15 is 0 Å². The summed E-state index contributed by atoms with van der Waals surface area (Å²) < 4.78 is 12.0. The Labute approximate surface area is 227 Å². The van der Waals surface area contributed by atoms with Gasteiger partial charge in [0.1, 0.15) is 11.4 Å². The minimum Gasteiger partial charge on any atom is -0.480 e. The summed E-state index contributed by atoms with van der Waals surface area (Å²) in [7, 11) is 1.43. The number of amides is 3. The molecule has 0 saturated carbocycles. The second-order valence-electron chi connectivity index (χ2n) is 8.45. The summed E-state index contributed by atoms with van der Waals surface area (Å²) in [5, 5.41) is 14.6. The van der Waals surface area contributed by atoms with Crippen molar-refractivity contribution in [3.63, 3.8) is 0 Å². The fourth-order valence-corrected chi connectivity index (χ4v) is 4.39. The molecule has 1 aliphatic rings. The third-order valence-corrected chi connectivity index (χ3v) is 6.54. The van der Waals surface area contributed by atoms with Crippen molar-refractivity contribution in [1.82, 2.24) is 9.88 Å². The molecule has 4 rings (SSSR count). The highest BCUT2D eigenvalue weighted by atomic mass is 79.9. The van der Waals surface area contributed by atoms with Gasteiger partial charge in [0, 0.05) is 17.4 Å². The molecule has 0 unspecified atom stereocenters. The first-order valence-corrected chi connectivity index (χ1v) is 12.5. The van der Waals surface area contributed by atoms with Gasteiger partial charge in [0.2, 0.25) is 11.8 Å². The molecule has 12 heteroatoms. The van der Waals surface area contributed by atoms with E-state index in [4.69, 9.17) is 20.3 Å². The zero-order chi connectivity index (χ0) is 27.2. The number of nitrogens with two attached hydrogens (primary N) is 1. The van der Waals surface area contributed by atoms with Gasteiger partial charge >= 0.3 is 12.0 Å². The topological polar surface area (TPSA) is 156 Å². The van der Waals surface area contributed by atoms with Crippen LogP contribution in [0.3, 0.4) is 0 Å². The van der Waals surface area contributed by atoms with Crippen LogP contribution in [-0.2, 0) is 11.2 Å². The van der Waals surface area contributed by atoms with Gasteiger partial charge in [0.15, 0.2) is 6.23 Å². The van der Waals surface area contributed by atoms with Crippen LogP contribution in [-0.4, -0.2) is 52.8 Å². The van der Waals surface area contributed by atoms with Gasteiger partial charge < -0.3 is 35.8 Å². The van der Waals surface area contributed by atoms with E-state index in [-0.39, 0.29) is 29.5 Å². The van der Waals surface area contributed by atoms with Crippen LogP contribution in [0.5, 0.6) is 11.6 Å². The Morgan fingerprint density at radius 1 is 1.13 bits per heavy atom. The molecule has 0 aliphatic carbocycles. The molecular weight excluding hydrogens is 558 g/mol. The standard InChI is InChI=1S/C26H26BrN5O6/c1-37-24-20(31-26(36)30-19-6-3-2-5-17(19)27)10-9-16(29-24)14-22(33)32-12-4-7-23(32)38-21-11-8-15(25(34)35)13-18(21)28/h2-3,5-6,8-11,13,23H,4,7,12,14,28H2,1H3,(H,34,35)(H2,30,31,36)/t23-/m1/s1. The van der Waals surface area contributed by atoms with Crippen molar-refractivity contribution < 1.29 is 29.0 Å². The molecule has 1 aromatic heterocycles. The smallest absolute Gasteiger partial charge is 0.335 e. The zero-order valence-electron chi connectivity index (χ0n) is 20.4. The van der Waals surface area contributed by atoms with Gasteiger partial charge in [-0.1, -0.05) is 12.1 Å². The van der Waals surface area contributed by atoms with E-state index in [9.17, 15) is 14.4 Å². The number of nitrogens with zero attached hydrogens (tertiary/aromatic N) is 2. The Bertz CT molecular complexity index is 1370. The van der Waals surface area contributed by atoms with Crippen molar-refractivity contribution in [2.24, 2.45) is 0 Å². The van der Waals surface area contributed by atoms with Crippen molar-refractivity contribution in [3.05, 3.63) is 70.3 Å². The second kappa shape index (κ2) is 11.8. The summed E-state index contributed by atoms with van der Waals surface area (Å²) >= 11 is 3.38. The highest BCUT2D eigenvalue weighted by Gasteiger charge is 2.31. The number of nitrogen functional groups attached to an aromatic ring is 1. The first kappa shape index (κ1) is 26.7. The molecule has 1 atom stereocenters. The number of urea groups is 1. The molecule has 2 heterocycles. The third-order valence-electron chi connectivity index (χ3n) is 5.85. The van der Waals surface area contributed by atoms with Crippen LogP contribution in [0.1, 0.15) is 28.9 Å². The summed E-state index contributed by atoms with van der Waals surface area (Å²) in [6, 6.07) is 14.2. The fourth-order valence-electron chi connectivity index (χ4n) is 4.00. The van der Waals surface area contributed by atoms with E-state index in [0.717, 1.165) is 10.9 Å². The van der Waals surface area contributed by atoms with Crippen molar-refractivity contribution in [2.45, 2.75) is 25.5 Å². The largest absolute Gasteiger partial charge is 0.480 e. The Hall–Kier alpha value is -4.32. The Morgan fingerprint density at radius 2 is 1.89 bits per heavy atom. The molecule has 1 aliphatic heterocycles. The van der Waals surface area contributed by atoms with Gasteiger partial charge in [-0.05, 0) is 64.8 Å². The normalized spacial score (nSPS) is 14.6. The van der Waals surface area contributed by atoms with E-state index in [1.54, 1.807) is 29.2 Å². The van der Waals surface area contributed by atoms with Crippen LogP contribution >= 0.6 is 15.9 Å². The van der Waals surface area contributed by atoms with Crippen molar-refractivity contribution in [1.29, 1.82) is 0 Å². The first-order valence-electron chi connectivity index (χ1n) is 11.7. The van der Waals surface area contributed by atoms with Gasteiger partial charge in [0.25, 0.3) is 0 Å². The number of rotatable bonds is 8. The number of aromatic nitrogens is 1. The highest BCUT2D eigenvalue weighted by molar-refractivity contribution is 9.10. The van der Waals surface area contributed by atoms with Crippen LogP contribution in [0.25, 0.3) is 0 Å². The van der Waals surface area contributed by atoms with E-state index in [1.165, 1.54) is 25.3 Å². The minimum atomic E-state index is -1.09. The lowest BCUT2D eigenvalue weighted by Crippen LogP contribution is -2.40. The number of carboxylic acids is 1. The molecule has 0 radical (unpaired) electrons. The SMILES string of the molecule is COc1nc(CC(=O)N2CCC[C@H]2Oc2ccc(C(=O)O)cc2N)ccc1NC(=O)Nc1ccccc1Br. The number of benzene rings is 2. The molecule has 0 spiro atoms. The number of methoxy groups -OCH3 is 1. The molecule has 11 nitrogen and oxygen atoms in total. The average molecular weight is 584 g/mol. The van der Waals surface area contributed by atoms with Gasteiger partial charge in [-0.25, -0.2) is 14.6 Å². The molecular formula is C26H26BrN5O6. The Balaban J connectivity index is 1.40. The van der Waals surface area contributed by atoms with Crippen LogP contribution in [0.4, 0.5) is 21.9 Å². The molecule has 38 heavy (non-hydrogen) atoms. The number of nitrogens with one attached hydrogen (secondary N) is 2. The summed E-state index contributed by atoms with van der Waals surface area (Å²) in [4.78, 5) is 42.7. The zero-order valence-corrected chi connectivity index (χ0v) is 22.0. The molecule has 1 fully saturated rings. The van der Waals surface area contributed by atoms with E-state index in [2.05, 4.69) is 31.5 Å². The number of pyridine rings is 1. The predicted octanol–water partition coefficient (Wildman–Crippen LogP) is 4.35. The lowest BCUT2D eigenvalue weighted by molar-refractivity contribution is -0.136. The number of para-hydroxylation sites is 1. The Kier molecular flexibility index (Phi) is 8.31. The molecule has 2 aromatic carbocycles. The van der Waals surface area contributed by atoms with Crippen LogP contribution < -0.4 is 25.8 Å². The number of carboxylic acid groups (broad SMARTS) is 1. The summed E-state index contributed by atoms with van der Waals surface area (Å²) in [5.74, 6) is -0.807. The number of halogens is 1. The molecule has 3 aromatic rings. The number of carbonyl (C=O) groups is 3. The summed E-state index contributed by atoms with van der Waals surface area (Å²) in [5.41, 5.74) is 7.60. The van der Waals surface area contributed by atoms with Crippen LogP contribution in [0.15, 0.2) is 59.1 Å². The van der Waals surface area contributed by atoms with Gasteiger partial charge in [-0.3, -0.25) is 4.79 Å². The first-order chi connectivity index (χ1) is 18.2. The van der Waals surface area contributed by atoms with E-state index in [1.807, 2.05) is 12.1 Å². The lowest BCUT2D eigenvalue weighted by Gasteiger charge is -2.26. The summed E-state index contributed by atoms with van der Waals surface area (Å²) in [6.07, 6.45) is 0.811. The number of hydrogen-bond donors (Lipinski definition) is 4. The van der Waals surface area contributed by atoms with Gasteiger partial charge in [0.05, 0.1) is 36.2 Å².